The number of nitrogens with zero attached hydrogens (tertiary/aromatic N) is 1. The maximum Gasteiger partial charge on any atom is 0.305 e. The van der Waals surface area contributed by atoms with Crippen LogP contribution in [0.15, 0.2) is 54.7 Å². The third kappa shape index (κ3) is 9.46. The molecule has 0 bridgehead atoms. The molecule has 1 fully saturated rings. The Balaban J connectivity index is 1.67. The molecule has 0 radical (unpaired) electrons. The fourth-order valence-corrected chi connectivity index (χ4v) is 5.79. The van der Waals surface area contributed by atoms with Gasteiger partial charge in [0, 0.05) is 48.2 Å². The molecular formula is C34H41N9O8. The van der Waals surface area contributed by atoms with Crippen LogP contribution in [-0.2, 0) is 35.2 Å². The molecule has 2 aromatic carbocycles. The van der Waals surface area contributed by atoms with Crippen LogP contribution in [0.5, 0.6) is 0 Å². The third-order valence-electron chi connectivity index (χ3n) is 8.39. The SMILES string of the molecule is CC(C)C1C(=O)NC(CNC(=O)c2ccc(C(=N)N)cc2)C(=O)NCC(=O)NC(CC(=O)O)C(=O)NC(Cc2c[nH]c3ccccc23)C(=O)N1C. The van der Waals surface area contributed by atoms with E-state index in [0.29, 0.717) is 11.1 Å². The molecule has 6 amide bonds. The minimum atomic E-state index is -1.62. The molecular weight excluding hydrogens is 662 g/mol. The van der Waals surface area contributed by atoms with Crippen molar-refractivity contribution >= 4 is 58.2 Å². The number of carboxylic acids is 1. The minimum Gasteiger partial charge on any atom is -0.481 e. The number of carboxylic acid groups (broad SMARTS) is 1. The maximum atomic E-state index is 14.2. The quantitative estimate of drug-likeness (QED) is 0.0972. The number of fused-ring (bicyclic) bond motifs is 1. The Morgan fingerprint density at radius 1 is 0.922 bits per heavy atom. The first-order valence-electron chi connectivity index (χ1n) is 16.1. The van der Waals surface area contributed by atoms with Gasteiger partial charge in [0.2, 0.25) is 29.5 Å². The molecule has 4 rings (SSSR count). The molecule has 0 saturated carbocycles. The molecule has 4 unspecified atom stereocenters. The third-order valence-corrected chi connectivity index (χ3v) is 8.39. The average Bonchev–Trinajstić information content (AvgIpc) is 3.49. The van der Waals surface area contributed by atoms with Gasteiger partial charge in [-0.1, -0.05) is 44.2 Å². The molecule has 0 spiro atoms. The molecule has 3 aromatic rings. The van der Waals surface area contributed by atoms with E-state index in [1.54, 1.807) is 26.1 Å². The van der Waals surface area contributed by atoms with Gasteiger partial charge >= 0.3 is 5.97 Å². The largest absolute Gasteiger partial charge is 0.481 e. The van der Waals surface area contributed by atoms with Crippen molar-refractivity contribution in [3.63, 3.8) is 0 Å². The summed E-state index contributed by atoms with van der Waals surface area (Å²) in [4.78, 5) is 96.7. The topological polar surface area (TPSA) is 269 Å². The lowest BCUT2D eigenvalue weighted by molar-refractivity contribution is -0.144. The van der Waals surface area contributed by atoms with Gasteiger partial charge in [-0.3, -0.25) is 39.0 Å². The lowest BCUT2D eigenvalue weighted by Gasteiger charge is -2.34. The van der Waals surface area contributed by atoms with Crippen LogP contribution in [0.2, 0.25) is 0 Å². The zero-order chi connectivity index (χ0) is 37.4. The van der Waals surface area contributed by atoms with E-state index in [2.05, 4.69) is 31.6 Å². The summed E-state index contributed by atoms with van der Waals surface area (Å²) in [6.07, 6.45) is 0.795. The number of benzene rings is 2. The summed E-state index contributed by atoms with van der Waals surface area (Å²) in [5, 5.41) is 30.2. The number of para-hydroxylation sites is 1. The number of hydrogen-bond acceptors (Lipinski definition) is 8. The number of aromatic amines is 1. The van der Waals surface area contributed by atoms with E-state index in [1.165, 1.54) is 31.3 Å². The van der Waals surface area contributed by atoms with Gasteiger partial charge in [0.25, 0.3) is 5.91 Å². The Morgan fingerprint density at radius 3 is 2.22 bits per heavy atom. The number of nitrogens with two attached hydrogens (primary N) is 1. The van der Waals surface area contributed by atoms with Gasteiger partial charge in [-0.15, -0.1) is 0 Å². The second kappa shape index (κ2) is 16.4. The number of nitrogens with one attached hydrogen (secondary N) is 7. The van der Waals surface area contributed by atoms with Gasteiger partial charge in [0.1, 0.15) is 30.0 Å². The number of aliphatic carboxylic acids is 1. The summed E-state index contributed by atoms with van der Waals surface area (Å²) in [5.74, 6) is -6.93. The van der Waals surface area contributed by atoms with Crippen molar-refractivity contribution < 1.29 is 38.7 Å². The van der Waals surface area contributed by atoms with E-state index in [4.69, 9.17) is 11.1 Å². The van der Waals surface area contributed by atoms with E-state index < -0.39 is 91.0 Å². The molecule has 17 heteroatoms. The zero-order valence-electron chi connectivity index (χ0n) is 28.2. The highest BCUT2D eigenvalue weighted by atomic mass is 16.4. The average molecular weight is 704 g/mol. The van der Waals surface area contributed by atoms with Crippen molar-refractivity contribution in [1.82, 2.24) is 36.5 Å². The number of H-pyrrole nitrogens is 1. The number of carbonyl (C=O) groups excluding carboxylic acids is 6. The van der Waals surface area contributed by atoms with E-state index in [9.17, 15) is 38.7 Å². The van der Waals surface area contributed by atoms with Crippen LogP contribution < -0.4 is 32.3 Å². The van der Waals surface area contributed by atoms with Crippen LogP contribution in [0, 0.1) is 11.3 Å². The lowest BCUT2D eigenvalue weighted by Crippen LogP contribution is -2.60. The minimum absolute atomic E-state index is 0.0544. The predicted molar refractivity (Wildman–Crippen MR) is 184 cm³/mol. The van der Waals surface area contributed by atoms with Crippen molar-refractivity contribution in [1.29, 1.82) is 5.41 Å². The molecule has 2 heterocycles. The van der Waals surface area contributed by atoms with Gasteiger partial charge in [-0.25, -0.2) is 0 Å². The van der Waals surface area contributed by atoms with Crippen LogP contribution in [-0.4, -0.2) is 107 Å². The first-order valence-corrected chi connectivity index (χ1v) is 16.1. The summed E-state index contributed by atoms with van der Waals surface area (Å²) in [7, 11) is 1.37. The van der Waals surface area contributed by atoms with Crippen LogP contribution in [0.3, 0.4) is 0 Å². The maximum absolute atomic E-state index is 14.2. The molecule has 17 nitrogen and oxygen atoms in total. The lowest BCUT2D eigenvalue weighted by atomic mass is 9.98. The molecule has 270 valence electrons. The number of amidine groups is 1. The standard InChI is InChI=1S/C34H41N9O8/c1-17(2)28-33(50)42-25(15-38-30(47)19-10-8-18(9-11-19)29(35)36)31(48)39-16-26(44)40-23(13-27(45)46)32(49)41-24(34(51)43(28)3)12-20-14-37-22-7-5-4-6-21(20)22/h4-11,14,17,23-25,28,37H,12-13,15-16H2,1-3H3,(H3,35,36)(H,38,47)(H,39,48)(H,40,44)(H,41,49)(H,42,50)(H,45,46). The molecule has 1 aliphatic heterocycles. The highest BCUT2D eigenvalue weighted by Crippen LogP contribution is 2.21. The number of carbonyl (C=O) groups is 7. The van der Waals surface area contributed by atoms with Gasteiger partial charge in [0.15, 0.2) is 0 Å². The van der Waals surface area contributed by atoms with Crippen LogP contribution >= 0.6 is 0 Å². The van der Waals surface area contributed by atoms with Crippen molar-refractivity contribution in [3.8, 4) is 0 Å². The Hall–Kier alpha value is -6.26. The summed E-state index contributed by atoms with van der Waals surface area (Å²) < 4.78 is 0. The molecule has 51 heavy (non-hydrogen) atoms. The van der Waals surface area contributed by atoms with E-state index in [1.807, 2.05) is 18.2 Å². The van der Waals surface area contributed by atoms with E-state index in [-0.39, 0.29) is 17.8 Å². The molecule has 10 N–H and O–H groups in total. The highest BCUT2D eigenvalue weighted by Gasteiger charge is 2.38. The van der Waals surface area contributed by atoms with Gasteiger partial charge < -0.3 is 47.3 Å². The number of rotatable bonds is 9. The van der Waals surface area contributed by atoms with Gasteiger partial charge in [0.05, 0.1) is 13.0 Å². The van der Waals surface area contributed by atoms with Crippen molar-refractivity contribution in [2.45, 2.75) is 50.9 Å². The Bertz CT molecular complexity index is 1840. The highest BCUT2D eigenvalue weighted by molar-refractivity contribution is 6.00. The summed E-state index contributed by atoms with van der Waals surface area (Å²) >= 11 is 0. The smallest absolute Gasteiger partial charge is 0.305 e. The number of likely N-dealkylation sites (N-methyl/N-ethyl adjacent to an activating group) is 1. The van der Waals surface area contributed by atoms with E-state index >= 15 is 0 Å². The Morgan fingerprint density at radius 2 is 1.57 bits per heavy atom. The van der Waals surface area contributed by atoms with Gasteiger partial charge in [-0.2, -0.15) is 0 Å². The van der Waals surface area contributed by atoms with Crippen molar-refractivity contribution in [2.24, 2.45) is 11.7 Å². The first kappa shape index (κ1) is 37.6. The Labute approximate surface area is 292 Å². The number of aromatic nitrogens is 1. The van der Waals surface area contributed by atoms with E-state index in [0.717, 1.165) is 15.8 Å². The first-order chi connectivity index (χ1) is 24.2. The normalized spacial score (nSPS) is 20.8. The Kier molecular flexibility index (Phi) is 12.1. The summed E-state index contributed by atoms with van der Waals surface area (Å²) in [6, 6.07) is 7.54. The fourth-order valence-electron chi connectivity index (χ4n) is 5.79. The van der Waals surface area contributed by atoms with Crippen molar-refractivity contribution in [2.75, 3.05) is 20.1 Å². The molecule has 4 atom stereocenters. The van der Waals surface area contributed by atoms with Crippen LogP contribution in [0.4, 0.5) is 0 Å². The van der Waals surface area contributed by atoms with Gasteiger partial charge in [-0.05, 0) is 29.7 Å². The monoisotopic (exact) mass is 703 g/mol. The van der Waals surface area contributed by atoms with Crippen LogP contribution in [0.25, 0.3) is 10.9 Å². The summed E-state index contributed by atoms with van der Waals surface area (Å²) in [6.45, 7) is 2.23. The summed E-state index contributed by atoms with van der Waals surface area (Å²) in [5.41, 5.74) is 7.47. The molecule has 1 aromatic heterocycles. The number of nitrogen functional groups attached to an aromatic ring is 1. The van der Waals surface area contributed by atoms with Crippen LogP contribution in [0.1, 0.15) is 41.8 Å². The molecule has 1 aliphatic rings. The zero-order valence-corrected chi connectivity index (χ0v) is 28.2. The molecule has 0 aliphatic carbocycles. The fraction of sp³-hybridized carbons (Fsp3) is 0.353. The number of amides is 6. The predicted octanol–water partition coefficient (Wildman–Crippen LogP) is -1.03. The number of hydrogen-bond donors (Lipinski definition) is 9. The van der Waals surface area contributed by atoms with Crippen molar-refractivity contribution in [3.05, 3.63) is 71.4 Å². The second-order valence-corrected chi connectivity index (χ2v) is 12.5. The molecule has 1 saturated heterocycles. The second-order valence-electron chi connectivity index (χ2n) is 12.5.